The maximum Gasteiger partial charge on any atom is 0.307 e. The Morgan fingerprint density at radius 3 is 2.71 bits per heavy atom. The Kier molecular flexibility index (Phi) is 2.25. The maximum absolute atomic E-state index is 10.8. The minimum atomic E-state index is -0.730. The summed E-state index contributed by atoms with van der Waals surface area (Å²) in [6.45, 7) is 0.0189. The van der Waals surface area contributed by atoms with E-state index in [1.54, 1.807) is 0 Å². The Labute approximate surface area is 82.0 Å². The number of hydrogen-bond donors (Lipinski definition) is 2. The summed E-state index contributed by atoms with van der Waals surface area (Å²) in [6.07, 6.45) is 1.22. The molecule has 0 saturated carbocycles. The lowest BCUT2D eigenvalue weighted by atomic mass is 10.1. The van der Waals surface area contributed by atoms with Crippen molar-refractivity contribution in [3.8, 4) is 0 Å². The van der Waals surface area contributed by atoms with Gasteiger partial charge in [-0.25, -0.2) is 0 Å². The summed E-state index contributed by atoms with van der Waals surface area (Å²) in [4.78, 5) is 10.8. The van der Waals surface area contributed by atoms with Crippen LogP contribution < -0.4 is 0 Å². The summed E-state index contributed by atoms with van der Waals surface area (Å²) in [5.41, 5.74) is 3.04. The van der Waals surface area contributed by atoms with Crippen LogP contribution in [0.15, 0.2) is 18.2 Å². The van der Waals surface area contributed by atoms with Gasteiger partial charge in [0.1, 0.15) is 0 Å². The second kappa shape index (κ2) is 3.42. The van der Waals surface area contributed by atoms with Crippen LogP contribution in [0.3, 0.4) is 0 Å². The Balaban J connectivity index is 2.27. The number of benzene rings is 1. The lowest BCUT2D eigenvalue weighted by Crippen LogP contribution is -2.12. The van der Waals surface area contributed by atoms with Gasteiger partial charge in [-0.15, -0.1) is 0 Å². The van der Waals surface area contributed by atoms with Crippen molar-refractivity contribution in [2.75, 3.05) is 0 Å². The van der Waals surface area contributed by atoms with Crippen molar-refractivity contribution in [3.05, 3.63) is 34.9 Å². The molecule has 2 N–H and O–H groups in total. The monoisotopic (exact) mass is 192 g/mol. The van der Waals surface area contributed by atoms with Crippen LogP contribution in [0.1, 0.15) is 16.7 Å². The van der Waals surface area contributed by atoms with Crippen LogP contribution in [-0.4, -0.2) is 16.2 Å². The lowest BCUT2D eigenvalue weighted by molar-refractivity contribution is -0.141. The lowest BCUT2D eigenvalue weighted by Gasteiger charge is -2.00. The molecule has 1 unspecified atom stereocenters. The number of aliphatic carboxylic acids is 1. The van der Waals surface area contributed by atoms with Crippen molar-refractivity contribution in [1.82, 2.24) is 0 Å². The third-order valence-corrected chi connectivity index (χ3v) is 2.74. The molecule has 1 aliphatic rings. The maximum atomic E-state index is 10.8. The van der Waals surface area contributed by atoms with E-state index in [-0.39, 0.29) is 12.5 Å². The molecule has 0 heterocycles. The summed E-state index contributed by atoms with van der Waals surface area (Å²) in [5.74, 6) is -1.01. The highest BCUT2D eigenvalue weighted by molar-refractivity contribution is 5.72. The van der Waals surface area contributed by atoms with Crippen LogP contribution in [0, 0.1) is 5.92 Å². The molecule has 3 nitrogen and oxygen atoms in total. The number of aliphatic hydroxyl groups is 1. The number of aliphatic hydroxyl groups excluding tert-OH is 1. The summed E-state index contributed by atoms with van der Waals surface area (Å²) in [6, 6.07) is 5.67. The Bertz CT molecular complexity index is 371. The average Bonchev–Trinajstić information content (AvgIpc) is 2.59. The second-order valence-corrected chi connectivity index (χ2v) is 3.70. The number of carboxylic acids is 1. The molecule has 0 fully saturated rings. The van der Waals surface area contributed by atoms with Gasteiger partial charge in [-0.1, -0.05) is 18.2 Å². The molecule has 14 heavy (non-hydrogen) atoms. The van der Waals surface area contributed by atoms with Crippen molar-refractivity contribution < 1.29 is 15.0 Å². The molecule has 1 aromatic rings. The van der Waals surface area contributed by atoms with Crippen molar-refractivity contribution in [3.63, 3.8) is 0 Å². The fraction of sp³-hybridized carbons (Fsp3) is 0.364. The van der Waals surface area contributed by atoms with Crippen LogP contribution in [-0.2, 0) is 24.2 Å². The molecule has 1 aromatic carbocycles. The largest absolute Gasteiger partial charge is 0.481 e. The Morgan fingerprint density at radius 2 is 2.07 bits per heavy atom. The van der Waals surface area contributed by atoms with Gasteiger partial charge >= 0.3 is 5.97 Å². The van der Waals surface area contributed by atoms with Gasteiger partial charge in [0.25, 0.3) is 0 Å². The first-order valence-electron chi connectivity index (χ1n) is 4.65. The number of rotatable bonds is 2. The summed E-state index contributed by atoms with van der Waals surface area (Å²) in [7, 11) is 0. The average molecular weight is 192 g/mol. The van der Waals surface area contributed by atoms with Gasteiger partial charge in [-0.2, -0.15) is 0 Å². The smallest absolute Gasteiger partial charge is 0.307 e. The van der Waals surface area contributed by atoms with Gasteiger partial charge in [-0.05, 0) is 29.5 Å². The first-order chi connectivity index (χ1) is 6.70. The molecule has 0 aliphatic heterocycles. The minimum Gasteiger partial charge on any atom is -0.481 e. The molecule has 0 saturated heterocycles. The highest BCUT2D eigenvalue weighted by Gasteiger charge is 2.26. The molecule has 0 bridgehead atoms. The third-order valence-electron chi connectivity index (χ3n) is 2.74. The molecule has 2 rings (SSSR count). The third kappa shape index (κ3) is 1.51. The molecule has 3 heteroatoms. The fourth-order valence-electron chi connectivity index (χ4n) is 1.94. The van der Waals surface area contributed by atoms with E-state index in [0.29, 0.717) is 12.8 Å². The summed E-state index contributed by atoms with van der Waals surface area (Å²) < 4.78 is 0. The molecular weight excluding hydrogens is 180 g/mol. The standard InChI is InChI=1S/C11H12O3/c12-6-7-1-2-8-4-10(11(13)14)5-9(8)3-7/h1-3,10,12H,4-6H2,(H,13,14). The predicted octanol–water partition coefficient (Wildman–Crippen LogP) is 0.978. The number of fused-ring (bicyclic) bond motifs is 1. The zero-order chi connectivity index (χ0) is 10.1. The molecule has 1 atom stereocenters. The normalized spacial score (nSPS) is 19.4. The predicted molar refractivity (Wildman–Crippen MR) is 50.9 cm³/mol. The zero-order valence-corrected chi connectivity index (χ0v) is 7.73. The topological polar surface area (TPSA) is 57.5 Å². The zero-order valence-electron chi connectivity index (χ0n) is 7.73. The van der Waals surface area contributed by atoms with Gasteiger partial charge in [-0.3, -0.25) is 4.79 Å². The SMILES string of the molecule is O=C(O)C1Cc2ccc(CO)cc2C1. The summed E-state index contributed by atoms with van der Waals surface area (Å²) >= 11 is 0. The first-order valence-corrected chi connectivity index (χ1v) is 4.65. The number of carboxylic acid groups (broad SMARTS) is 1. The van der Waals surface area contributed by atoms with Crippen LogP contribution in [0.4, 0.5) is 0 Å². The van der Waals surface area contributed by atoms with Crippen molar-refractivity contribution >= 4 is 5.97 Å². The number of carbonyl (C=O) groups is 1. The van der Waals surface area contributed by atoms with Crippen LogP contribution in [0.25, 0.3) is 0 Å². The van der Waals surface area contributed by atoms with E-state index in [2.05, 4.69) is 0 Å². The van der Waals surface area contributed by atoms with E-state index in [9.17, 15) is 4.79 Å². The molecule has 0 spiro atoms. The van der Waals surface area contributed by atoms with E-state index < -0.39 is 5.97 Å². The second-order valence-electron chi connectivity index (χ2n) is 3.70. The highest BCUT2D eigenvalue weighted by atomic mass is 16.4. The fourth-order valence-corrected chi connectivity index (χ4v) is 1.94. The molecule has 0 radical (unpaired) electrons. The quantitative estimate of drug-likeness (QED) is 0.734. The van der Waals surface area contributed by atoms with E-state index in [1.807, 2.05) is 18.2 Å². The Hall–Kier alpha value is -1.35. The van der Waals surface area contributed by atoms with E-state index in [4.69, 9.17) is 10.2 Å². The highest BCUT2D eigenvalue weighted by Crippen LogP contribution is 2.27. The van der Waals surface area contributed by atoms with Crippen LogP contribution in [0.5, 0.6) is 0 Å². The van der Waals surface area contributed by atoms with Gasteiger partial charge in [0.05, 0.1) is 12.5 Å². The van der Waals surface area contributed by atoms with Gasteiger partial charge in [0.2, 0.25) is 0 Å². The molecule has 1 aliphatic carbocycles. The molecule has 74 valence electrons. The molecule has 0 amide bonds. The van der Waals surface area contributed by atoms with E-state index >= 15 is 0 Å². The summed E-state index contributed by atoms with van der Waals surface area (Å²) in [5, 5.41) is 17.8. The Morgan fingerprint density at radius 1 is 1.36 bits per heavy atom. The first kappa shape index (κ1) is 9.21. The van der Waals surface area contributed by atoms with Crippen molar-refractivity contribution in [2.24, 2.45) is 5.92 Å². The molecule has 0 aromatic heterocycles. The van der Waals surface area contributed by atoms with Gasteiger partial charge in [0, 0.05) is 0 Å². The molecular formula is C11H12O3. The van der Waals surface area contributed by atoms with E-state index in [1.165, 1.54) is 0 Å². The van der Waals surface area contributed by atoms with E-state index in [0.717, 1.165) is 16.7 Å². The van der Waals surface area contributed by atoms with Crippen molar-refractivity contribution in [2.45, 2.75) is 19.4 Å². The van der Waals surface area contributed by atoms with Crippen LogP contribution >= 0.6 is 0 Å². The number of hydrogen-bond acceptors (Lipinski definition) is 2. The van der Waals surface area contributed by atoms with Gasteiger partial charge < -0.3 is 10.2 Å². The minimum absolute atomic E-state index is 0.0189. The van der Waals surface area contributed by atoms with Crippen molar-refractivity contribution in [1.29, 1.82) is 0 Å². The van der Waals surface area contributed by atoms with Gasteiger partial charge in [0.15, 0.2) is 0 Å². The van der Waals surface area contributed by atoms with Crippen LogP contribution in [0.2, 0.25) is 0 Å².